The molecule has 0 aromatic carbocycles. The van der Waals surface area contributed by atoms with Crippen LogP contribution in [0.15, 0.2) is 17.5 Å². The summed E-state index contributed by atoms with van der Waals surface area (Å²) in [7, 11) is 0. The van der Waals surface area contributed by atoms with E-state index in [9.17, 15) is 0 Å². The first-order chi connectivity index (χ1) is 5.75. The molecule has 0 bridgehead atoms. The number of thiophene rings is 1. The Morgan fingerprint density at radius 3 is 2.75 bits per heavy atom. The lowest BCUT2D eigenvalue weighted by Gasteiger charge is -2.16. The average Bonchev–Trinajstić information content (AvgIpc) is 2.51. The van der Waals surface area contributed by atoms with Crippen LogP contribution < -0.4 is 0 Å². The molecule has 0 spiro atoms. The van der Waals surface area contributed by atoms with Crippen LogP contribution in [0, 0.1) is 0 Å². The van der Waals surface area contributed by atoms with E-state index in [1.54, 1.807) is 0 Å². The van der Waals surface area contributed by atoms with Crippen LogP contribution >= 0.6 is 27.3 Å². The van der Waals surface area contributed by atoms with Gasteiger partial charge < -0.3 is 0 Å². The van der Waals surface area contributed by atoms with Gasteiger partial charge in [-0.3, -0.25) is 0 Å². The maximum Gasteiger partial charge on any atom is 0.0194 e. The minimum Gasteiger partial charge on any atom is -0.149 e. The minimum atomic E-state index is 0.594. The fourth-order valence-corrected chi connectivity index (χ4v) is 3.10. The van der Waals surface area contributed by atoms with Gasteiger partial charge in [0.2, 0.25) is 0 Å². The third kappa shape index (κ3) is 2.60. The topological polar surface area (TPSA) is 0 Å². The monoisotopic (exact) mass is 246 g/mol. The summed E-state index contributed by atoms with van der Waals surface area (Å²) in [6.45, 7) is 4.48. The number of alkyl halides is 1. The standard InChI is InChI=1S/C10H15BrS/c1-3-5-9(8(2)11)10-6-4-7-12-10/h4,6-9H,3,5H2,1-2H3/t8-,9+/m0/s1. The molecule has 1 heterocycles. The van der Waals surface area contributed by atoms with Gasteiger partial charge in [0.25, 0.3) is 0 Å². The van der Waals surface area contributed by atoms with Crippen molar-refractivity contribution in [3.05, 3.63) is 22.4 Å². The van der Waals surface area contributed by atoms with Crippen molar-refractivity contribution in [1.82, 2.24) is 0 Å². The summed E-state index contributed by atoms with van der Waals surface area (Å²) >= 11 is 5.54. The molecule has 1 rings (SSSR count). The number of hydrogen-bond donors (Lipinski definition) is 0. The lowest BCUT2D eigenvalue weighted by Crippen LogP contribution is -2.06. The van der Waals surface area contributed by atoms with E-state index in [2.05, 4.69) is 47.3 Å². The normalized spacial score (nSPS) is 15.9. The second kappa shape index (κ2) is 5.03. The number of hydrogen-bond acceptors (Lipinski definition) is 1. The van der Waals surface area contributed by atoms with Gasteiger partial charge in [-0.1, -0.05) is 42.3 Å². The van der Waals surface area contributed by atoms with E-state index < -0.39 is 0 Å². The highest BCUT2D eigenvalue weighted by Crippen LogP contribution is 2.32. The van der Waals surface area contributed by atoms with Crippen LogP contribution in [0.2, 0.25) is 0 Å². The summed E-state index contributed by atoms with van der Waals surface area (Å²) in [5, 5.41) is 2.16. The lowest BCUT2D eigenvalue weighted by molar-refractivity contribution is 0.622. The van der Waals surface area contributed by atoms with Crippen molar-refractivity contribution >= 4 is 27.3 Å². The molecule has 0 unspecified atom stereocenters. The van der Waals surface area contributed by atoms with Crippen LogP contribution in [0.5, 0.6) is 0 Å². The van der Waals surface area contributed by atoms with Crippen molar-refractivity contribution in [2.24, 2.45) is 0 Å². The van der Waals surface area contributed by atoms with Gasteiger partial charge in [0, 0.05) is 15.6 Å². The van der Waals surface area contributed by atoms with Crippen molar-refractivity contribution in [1.29, 1.82) is 0 Å². The Morgan fingerprint density at radius 1 is 1.58 bits per heavy atom. The molecule has 1 aromatic heterocycles. The zero-order valence-corrected chi connectivity index (χ0v) is 9.99. The van der Waals surface area contributed by atoms with E-state index in [0.717, 1.165) is 0 Å². The molecule has 0 saturated carbocycles. The molecule has 0 radical (unpaired) electrons. The maximum absolute atomic E-state index is 3.67. The summed E-state index contributed by atoms with van der Waals surface area (Å²) in [5.74, 6) is 0.704. The zero-order chi connectivity index (χ0) is 8.97. The molecule has 0 amide bonds. The third-order valence-electron chi connectivity index (χ3n) is 2.06. The molecular weight excluding hydrogens is 232 g/mol. The Kier molecular flexibility index (Phi) is 4.30. The van der Waals surface area contributed by atoms with Crippen LogP contribution in [-0.4, -0.2) is 4.83 Å². The van der Waals surface area contributed by atoms with E-state index in [1.165, 1.54) is 17.7 Å². The Balaban J connectivity index is 2.66. The van der Waals surface area contributed by atoms with Gasteiger partial charge in [-0.25, -0.2) is 0 Å². The molecule has 0 aliphatic rings. The van der Waals surface area contributed by atoms with E-state index in [1.807, 2.05) is 11.3 Å². The van der Waals surface area contributed by atoms with Crippen LogP contribution in [-0.2, 0) is 0 Å². The zero-order valence-electron chi connectivity index (χ0n) is 7.59. The molecule has 0 aliphatic carbocycles. The van der Waals surface area contributed by atoms with Crippen molar-refractivity contribution < 1.29 is 0 Å². The van der Waals surface area contributed by atoms with Gasteiger partial charge >= 0.3 is 0 Å². The van der Waals surface area contributed by atoms with E-state index in [-0.39, 0.29) is 0 Å². The summed E-state index contributed by atoms with van der Waals surface area (Å²) < 4.78 is 0. The molecule has 0 nitrogen and oxygen atoms in total. The van der Waals surface area contributed by atoms with Crippen molar-refractivity contribution in [2.45, 2.75) is 37.4 Å². The van der Waals surface area contributed by atoms with Crippen LogP contribution in [0.4, 0.5) is 0 Å². The minimum absolute atomic E-state index is 0.594. The Morgan fingerprint density at radius 2 is 2.33 bits per heavy atom. The van der Waals surface area contributed by atoms with Gasteiger partial charge in [0.15, 0.2) is 0 Å². The molecule has 12 heavy (non-hydrogen) atoms. The third-order valence-corrected chi connectivity index (χ3v) is 3.71. The second-order valence-corrected chi connectivity index (χ2v) is 5.51. The van der Waals surface area contributed by atoms with Gasteiger partial charge in [0.1, 0.15) is 0 Å². The molecule has 0 fully saturated rings. The largest absolute Gasteiger partial charge is 0.149 e. The molecule has 0 saturated heterocycles. The first-order valence-corrected chi connectivity index (χ1v) is 6.22. The first kappa shape index (κ1) is 10.3. The van der Waals surface area contributed by atoms with Crippen LogP contribution in [0.3, 0.4) is 0 Å². The van der Waals surface area contributed by atoms with E-state index >= 15 is 0 Å². The predicted octanol–water partition coefficient (Wildman–Crippen LogP) is 4.42. The highest BCUT2D eigenvalue weighted by molar-refractivity contribution is 9.09. The number of halogens is 1. The SMILES string of the molecule is CCC[C@@H](c1cccs1)[C@H](C)Br. The quantitative estimate of drug-likeness (QED) is 0.691. The Bertz CT molecular complexity index is 204. The molecular formula is C10H15BrS. The van der Waals surface area contributed by atoms with Crippen LogP contribution in [0.1, 0.15) is 37.5 Å². The summed E-state index contributed by atoms with van der Waals surface area (Å²) in [4.78, 5) is 2.11. The van der Waals surface area contributed by atoms with Crippen molar-refractivity contribution in [3.63, 3.8) is 0 Å². The van der Waals surface area contributed by atoms with Gasteiger partial charge in [0.05, 0.1) is 0 Å². The average molecular weight is 247 g/mol. The maximum atomic E-state index is 3.67. The van der Waals surface area contributed by atoms with Crippen molar-refractivity contribution in [3.8, 4) is 0 Å². The molecule has 2 atom stereocenters. The molecule has 0 aliphatic heterocycles. The second-order valence-electron chi connectivity index (χ2n) is 3.09. The van der Waals surface area contributed by atoms with Gasteiger partial charge in [-0.05, 0) is 17.9 Å². The summed E-state index contributed by atoms with van der Waals surface area (Å²) in [5.41, 5.74) is 0. The summed E-state index contributed by atoms with van der Waals surface area (Å²) in [6.07, 6.45) is 2.55. The highest BCUT2D eigenvalue weighted by atomic mass is 79.9. The molecule has 2 heteroatoms. The van der Waals surface area contributed by atoms with Crippen LogP contribution in [0.25, 0.3) is 0 Å². The molecule has 68 valence electrons. The highest BCUT2D eigenvalue weighted by Gasteiger charge is 2.16. The van der Waals surface area contributed by atoms with Crippen molar-refractivity contribution in [2.75, 3.05) is 0 Å². The van der Waals surface area contributed by atoms with E-state index in [0.29, 0.717) is 10.7 Å². The first-order valence-electron chi connectivity index (χ1n) is 4.43. The Hall–Kier alpha value is 0.180. The molecule has 1 aromatic rings. The fourth-order valence-electron chi connectivity index (χ4n) is 1.41. The predicted molar refractivity (Wildman–Crippen MR) is 60.4 cm³/mol. The van der Waals surface area contributed by atoms with E-state index in [4.69, 9.17) is 0 Å². The van der Waals surface area contributed by atoms with Gasteiger partial charge in [-0.2, -0.15) is 0 Å². The van der Waals surface area contributed by atoms with Gasteiger partial charge in [-0.15, -0.1) is 11.3 Å². The summed E-state index contributed by atoms with van der Waals surface area (Å²) in [6, 6.07) is 4.38. The fraction of sp³-hybridized carbons (Fsp3) is 0.600. The number of rotatable bonds is 4. The Labute approximate surface area is 87.1 Å². The molecule has 0 N–H and O–H groups in total. The smallest absolute Gasteiger partial charge is 0.0194 e. The lowest BCUT2D eigenvalue weighted by atomic mass is 9.99.